The number of carbonyl (C=O) groups is 2. The van der Waals surface area contributed by atoms with Crippen molar-refractivity contribution in [2.24, 2.45) is 5.92 Å². The Bertz CT molecular complexity index is 813. The predicted octanol–water partition coefficient (Wildman–Crippen LogP) is 4.10. The number of benzene rings is 2. The second-order valence-corrected chi connectivity index (χ2v) is 6.21. The van der Waals surface area contributed by atoms with Crippen LogP contribution in [0.25, 0.3) is 0 Å². The summed E-state index contributed by atoms with van der Waals surface area (Å²) < 4.78 is 10.2. The van der Waals surface area contributed by atoms with Crippen LogP contribution in [0.1, 0.15) is 23.5 Å². The first-order valence-corrected chi connectivity index (χ1v) is 8.39. The zero-order chi connectivity index (χ0) is 18.6. The Kier molecular flexibility index (Phi) is 5.03. The van der Waals surface area contributed by atoms with E-state index in [9.17, 15) is 9.59 Å². The van der Waals surface area contributed by atoms with Crippen LogP contribution in [-0.2, 0) is 24.5 Å². The maximum absolute atomic E-state index is 12.9. The maximum Gasteiger partial charge on any atom is 0.322 e. The Labute approximate surface area is 152 Å². The van der Waals surface area contributed by atoms with Crippen molar-refractivity contribution < 1.29 is 19.1 Å². The Morgan fingerprint density at radius 3 is 2.08 bits per heavy atom. The summed E-state index contributed by atoms with van der Waals surface area (Å²) in [6.07, 6.45) is 2.64. The van der Waals surface area contributed by atoms with Crippen LogP contribution >= 0.6 is 0 Å². The SMILES string of the molecule is C=COC(=O)C1C(c2ccccc2)CC1(C(=O)OC=C)c1ccccc1. The second kappa shape index (κ2) is 7.40. The molecule has 132 valence electrons. The number of carbonyl (C=O) groups excluding carboxylic acids is 2. The highest BCUT2D eigenvalue weighted by Crippen LogP contribution is 2.58. The van der Waals surface area contributed by atoms with Crippen molar-refractivity contribution in [3.8, 4) is 0 Å². The molecule has 1 aliphatic rings. The fourth-order valence-electron chi connectivity index (χ4n) is 3.85. The van der Waals surface area contributed by atoms with Crippen LogP contribution < -0.4 is 0 Å². The number of ether oxygens (including phenoxy) is 2. The van der Waals surface area contributed by atoms with Gasteiger partial charge in [0.05, 0.1) is 18.4 Å². The quantitative estimate of drug-likeness (QED) is 0.582. The molecule has 26 heavy (non-hydrogen) atoms. The van der Waals surface area contributed by atoms with Crippen molar-refractivity contribution in [2.75, 3.05) is 0 Å². The molecule has 3 atom stereocenters. The van der Waals surface area contributed by atoms with E-state index in [1.165, 1.54) is 0 Å². The lowest BCUT2D eigenvalue weighted by Crippen LogP contribution is -2.59. The molecular weight excluding hydrogens is 328 g/mol. The first kappa shape index (κ1) is 17.7. The number of esters is 2. The van der Waals surface area contributed by atoms with Crippen LogP contribution in [0.5, 0.6) is 0 Å². The van der Waals surface area contributed by atoms with Crippen LogP contribution in [0.4, 0.5) is 0 Å². The molecule has 4 nitrogen and oxygen atoms in total. The molecule has 4 heteroatoms. The van der Waals surface area contributed by atoms with Gasteiger partial charge in [-0.15, -0.1) is 0 Å². The van der Waals surface area contributed by atoms with Crippen LogP contribution in [0.15, 0.2) is 86.3 Å². The Balaban J connectivity index is 2.10. The normalized spacial score (nSPS) is 24.0. The van der Waals surface area contributed by atoms with Gasteiger partial charge in [0.15, 0.2) is 0 Å². The zero-order valence-electron chi connectivity index (χ0n) is 14.3. The largest absolute Gasteiger partial charge is 0.435 e. The molecule has 3 unspecified atom stereocenters. The standard InChI is InChI=1S/C22H20O4/c1-3-25-20(23)19-18(16-11-7-5-8-12-16)15-22(19,21(24)26-4-2)17-13-9-6-10-14-17/h3-14,18-19H,1-2,15H2. The average molecular weight is 348 g/mol. The summed E-state index contributed by atoms with van der Waals surface area (Å²) in [5.41, 5.74) is 0.595. The fraction of sp³-hybridized carbons (Fsp3) is 0.182. The van der Waals surface area contributed by atoms with Crippen LogP contribution in [0, 0.1) is 5.92 Å². The molecule has 0 saturated heterocycles. The summed E-state index contributed by atoms with van der Waals surface area (Å²) in [4.78, 5) is 25.7. The molecule has 2 aromatic rings. The molecule has 0 bridgehead atoms. The molecule has 0 radical (unpaired) electrons. The van der Waals surface area contributed by atoms with E-state index in [0.29, 0.717) is 6.42 Å². The van der Waals surface area contributed by atoms with Crippen molar-refractivity contribution >= 4 is 11.9 Å². The van der Waals surface area contributed by atoms with Gasteiger partial charge >= 0.3 is 11.9 Å². The summed E-state index contributed by atoms with van der Waals surface area (Å²) in [5, 5.41) is 0. The number of hydrogen-bond donors (Lipinski definition) is 0. The maximum atomic E-state index is 12.9. The lowest BCUT2D eigenvalue weighted by molar-refractivity contribution is -0.167. The van der Waals surface area contributed by atoms with Gasteiger partial charge in [-0.1, -0.05) is 73.8 Å². The van der Waals surface area contributed by atoms with E-state index in [-0.39, 0.29) is 5.92 Å². The lowest BCUT2D eigenvalue weighted by atomic mass is 9.49. The van der Waals surface area contributed by atoms with E-state index in [0.717, 1.165) is 23.7 Å². The molecule has 3 rings (SSSR count). The number of hydrogen-bond acceptors (Lipinski definition) is 4. The molecule has 0 amide bonds. The third-order valence-electron chi connectivity index (χ3n) is 5.00. The Morgan fingerprint density at radius 2 is 1.50 bits per heavy atom. The van der Waals surface area contributed by atoms with Crippen LogP contribution in [0.2, 0.25) is 0 Å². The van der Waals surface area contributed by atoms with Gasteiger partial charge in [-0.25, -0.2) is 0 Å². The first-order valence-electron chi connectivity index (χ1n) is 8.39. The molecule has 2 aromatic carbocycles. The molecule has 0 aromatic heterocycles. The monoisotopic (exact) mass is 348 g/mol. The zero-order valence-corrected chi connectivity index (χ0v) is 14.3. The van der Waals surface area contributed by atoms with Crippen molar-refractivity contribution in [1.82, 2.24) is 0 Å². The molecule has 1 fully saturated rings. The fourth-order valence-corrected chi connectivity index (χ4v) is 3.85. The van der Waals surface area contributed by atoms with Gasteiger partial charge in [-0.3, -0.25) is 9.59 Å². The van der Waals surface area contributed by atoms with Crippen molar-refractivity contribution in [2.45, 2.75) is 17.8 Å². The van der Waals surface area contributed by atoms with E-state index in [1.54, 1.807) is 0 Å². The summed E-state index contributed by atoms with van der Waals surface area (Å²) in [6, 6.07) is 18.8. The Morgan fingerprint density at radius 1 is 0.923 bits per heavy atom. The molecule has 1 aliphatic carbocycles. The molecular formula is C22H20O4. The highest BCUT2D eigenvalue weighted by Gasteiger charge is 2.64. The first-order chi connectivity index (χ1) is 12.6. The third kappa shape index (κ3) is 2.84. The van der Waals surface area contributed by atoms with Crippen molar-refractivity contribution in [3.63, 3.8) is 0 Å². The molecule has 0 spiro atoms. The minimum atomic E-state index is -1.12. The smallest absolute Gasteiger partial charge is 0.322 e. The summed E-state index contributed by atoms with van der Waals surface area (Å²) in [5.74, 6) is -1.86. The highest BCUT2D eigenvalue weighted by molar-refractivity contribution is 5.94. The molecule has 0 aliphatic heterocycles. The van der Waals surface area contributed by atoms with Gasteiger partial charge < -0.3 is 9.47 Å². The lowest BCUT2D eigenvalue weighted by Gasteiger charge is -2.51. The predicted molar refractivity (Wildman–Crippen MR) is 98.0 cm³/mol. The van der Waals surface area contributed by atoms with E-state index in [1.807, 2.05) is 60.7 Å². The van der Waals surface area contributed by atoms with E-state index in [2.05, 4.69) is 13.2 Å². The third-order valence-corrected chi connectivity index (χ3v) is 5.00. The van der Waals surface area contributed by atoms with Gasteiger partial charge in [-0.2, -0.15) is 0 Å². The Hall–Kier alpha value is -3.14. The topological polar surface area (TPSA) is 52.6 Å². The van der Waals surface area contributed by atoms with Crippen LogP contribution in [-0.4, -0.2) is 11.9 Å². The minimum absolute atomic E-state index is 0.152. The second-order valence-electron chi connectivity index (χ2n) is 6.21. The van der Waals surface area contributed by atoms with Crippen molar-refractivity contribution in [1.29, 1.82) is 0 Å². The molecule has 0 heterocycles. The van der Waals surface area contributed by atoms with Crippen LogP contribution in [0.3, 0.4) is 0 Å². The van der Waals surface area contributed by atoms with E-state index in [4.69, 9.17) is 9.47 Å². The van der Waals surface area contributed by atoms with Gasteiger partial charge in [-0.05, 0) is 17.5 Å². The summed E-state index contributed by atoms with van der Waals surface area (Å²) >= 11 is 0. The number of rotatable bonds is 6. The van der Waals surface area contributed by atoms with Gasteiger partial charge in [0.25, 0.3) is 0 Å². The summed E-state index contributed by atoms with van der Waals surface area (Å²) in [7, 11) is 0. The van der Waals surface area contributed by atoms with Gasteiger partial charge in [0, 0.05) is 5.92 Å². The van der Waals surface area contributed by atoms with E-state index < -0.39 is 23.3 Å². The van der Waals surface area contributed by atoms with Crippen molar-refractivity contribution in [3.05, 3.63) is 97.5 Å². The van der Waals surface area contributed by atoms with Gasteiger partial charge in [0.1, 0.15) is 5.41 Å². The van der Waals surface area contributed by atoms with E-state index >= 15 is 0 Å². The molecule has 0 N–H and O–H groups in total. The molecule has 1 saturated carbocycles. The minimum Gasteiger partial charge on any atom is -0.435 e. The van der Waals surface area contributed by atoms with Gasteiger partial charge in [0.2, 0.25) is 0 Å². The summed E-state index contributed by atoms with van der Waals surface area (Å²) in [6.45, 7) is 6.94. The highest BCUT2D eigenvalue weighted by atomic mass is 16.5. The average Bonchev–Trinajstić information content (AvgIpc) is 2.63.